The number of aliphatic hydroxyl groups is 1. The summed E-state index contributed by atoms with van der Waals surface area (Å²) in [5.74, 6) is 0. The summed E-state index contributed by atoms with van der Waals surface area (Å²) >= 11 is 0. The molecule has 2 N–H and O–H groups in total. The average Bonchev–Trinajstić information content (AvgIpc) is 2.95. The Kier molecular flexibility index (Phi) is 5.09. The number of benzene rings is 1. The molecule has 0 saturated carbocycles. The minimum Gasteiger partial charge on any atom is -0.389 e. The van der Waals surface area contributed by atoms with Crippen molar-refractivity contribution in [1.29, 1.82) is 5.26 Å². The van der Waals surface area contributed by atoms with Gasteiger partial charge in [0.2, 0.25) is 0 Å². The number of aliphatic hydroxyl groups excluding tert-OH is 1. The molecule has 1 aromatic carbocycles. The molecule has 0 spiro atoms. The van der Waals surface area contributed by atoms with Gasteiger partial charge in [0.15, 0.2) is 5.69 Å². The minimum absolute atomic E-state index is 0.295. The lowest BCUT2D eigenvalue weighted by molar-refractivity contribution is 0.120. The molecule has 1 aromatic heterocycles. The summed E-state index contributed by atoms with van der Waals surface area (Å²) in [7, 11) is 0. The predicted octanol–water partition coefficient (Wildman–Crippen LogP) is 1.70. The summed E-state index contributed by atoms with van der Waals surface area (Å²) in [6.07, 6.45) is 1.09. The molecule has 2 atom stereocenters. The zero-order valence-corrected chi connectivity index (χ0v) is 12.3. The fourth-order valence-corrected chi connectivity index (χ4v) is 2.22. The van der Waals surface area contributed by atoms with Gasteiger partial charge < -0.3 is 10.4 Å². The van der Waals surface area contributed by atoms with Gasteiger partial charge in [0.05, 0.1) is 6.10 Å². The summed E-state index contributed by atoms with van der Waals surface area (Å²) in [5.41, 5.74) is 1.31. The van der Waals surface area contributed by atoms with Gasteiger partial charge in [-0.15, -0.1) is 0 Å². The van der Waals surface area contributed by atoms with E-state index in [1.54, 1.807) is 16.9 Å². The molecule has 5 heteroatoms. The molecule has 110 valence electrons. The van der Waals surface area contributed by atoms with Crippen LogP contribution >= 0.6 is 0 Å². The van der Waals surface area contributed by atoms with E-state index in [0.29, 0.717) is 18.3 Å². The van der Waals surface area contributed by atoms with Crippen molar-refractivity contribution in [1.82, 2.24) is 15.1 Å². The van der Waals surface area contributed by atoms with E-state index in [9.17, 15) is 5.11 Å². The van der Waals surface area contributed by atoms with Crippen LogP contribution < -0.4 is 5.32 Å². The van der Waals surface area contributed by atoms with Gasteiger partial charge in [-0.3, -0.25) is 4.68 Å². The van der Waals surface area contributed by atoms with E-state index in [0.717, 1.165) is 5.56 Å². The van der Waals surface area contributed by atoms with Crippen molar-refractivity contribution >= 4 is 0 Å². The quantitative estimate of drug-likeness (QED) is 0.847. The SMILES string of the molecule is CC(C)NCC(O)C(c1ccccc1)n1ccc(C#N)n1. The Balaban J connectivity index is 2.28. The van der Waals surface area contributed by atoms with Crippen molar-refractivity contribution in [3.8, 4) is 6.07 Å². The van der Waals surface area contributed by atoms with E-state index in [-0.39, 0.29) is 6.04 Å². The maximum Gasteiger partial charge on any atom is 0.162 e. The molecule has 0 saturated heterocycles. The van der Waals surface area contributed by atoms with Gasteiger partial charge in [-0.05, 0) is 11.6 Å². The Morgan fingerprint density at radius 2 is 2.00 bits per heavy atom. The topological polar surface area (TPSA) is 73.9 Å². The molecule has 0 amide bonds. The lowest BCUT2D eigenvalue weighted by Gasteiger charge is -2.25. The highest BCUT2D eigenvalue weighted by Crippen LogP contribution is 2.21. The highest BCUT2D eigenvalue weighted by Gasteiger charge is 2.24. The van der Waals surface area contributed by atoms with Gasteiger partial charge in [-0.25, -0.2) is 0 Å². The van der Waals surface area contributed by atoms with Crippen LogP contribution in [0.2, 0.25) is 0 Å². The normalized spacial score (nSPS) is 13.9. The third-order valence-electron chi connectivity index (χ3n) is 3.25. The molecule has 5 nitrogen and oxygen atoms in total. The first-order valence-electron chi connectivity index (χ1n) is 7.03. The number of aromatic nitrogens is 2. The first-order valence-corrected chi connectivity index (χ1v) is 7.03. The second-order valence-corrected chi connectivity index (χ2v) is 5.28. The lowest BCUT2D eigenvalue weighted by Crippen LogP contribution is -2.38. The van der Waals surface area contributed by atoms with Gasteiger partial charge in [-0.2, -0.15) is 10.4 Å². The predicted molar refractivity (Wildman–Crippen MR) is 80.7 cm³/mol. The summed E-state index contributed by atoms with van der Waals surface area (Å²) in [6, 6.07) is 13.3. The van der Waals surface area contributed by atoms with Crippen LogP contribution in [-0.2, 0) is 0 Å². The number of rotatable bonds is 6. The van der Waals surface area contributed by atoms with Crippen molar-refractivity contribution in [2.75, 3.05) is 6.54 Å². The second kappa shape index (κ2) is 7.02. The number of nitrogens with one attached hydrogen (secondary N) is 1. The number of hydrogen-bond donors (Lipinski definition) is 2. The highest BCUT2D eigenvalue weighted by atomic mass is 16.3. The van der Waals surface area contributed by atoms with Crippen LogP contribution in [0.1, 0.15) is 31.1 Å². The molecule has 0 fully saturated rings. The van der Waals surface area contributed by atoms with Gasteiger partial charge in [0.25, 0.3) is 0 Å². The van der Waals surface area contributed by atoms with E-state index in [2.05, 4.69) is 10.4 Å². The van der Waals surface area contributed by atoms with Crippen LogP contribution in [0.3, 0.4) is 0 Å². The van der Waals surface area contributed by atoms with Crippen LogP contribution in [0.5, 0.6) is 0 Å². The van der Waals surface area contributed by atoms with Crippen LogP contribution in [-0.4, -0.2) is 33.6 Å². The Bertz CT molecular complexity index is 600. The second-order valence-electron chi connectivity index (χ2n) is 5.28. The van der Waals surface area contributed by atoms with Crippen molar-refractivity contribution < 1.29 is 5.11 Å². The van der Waals surface area contributed by atoms with Crippen molar-refractivity contribution in [3.05, 3.63) is 53.9 Å². The Morgan fingerprint density at radius 1 is 1.29 bits per heavy atom. The summed E-state index contributed by atoms with van der Waals surface area (Å²) < 4.78 is 1.65. The van der Waals surface area contributed by atoms with Crippen LogP contribution in [0.4, 0.5) is 0 Å². The van der Waals surface area contributed by atoms with Crippen LogP contribution in [0.25, 0.3) is 0 Å². The van der Waals surface area contributed by atoms with Gasteiger partial charge in [0.1, 0.15) is 12.1 Å². The Hall–Kier alpha value is -2.16. The van der Waals surface area contributed by atoms with Gasteiger partial charge >= 0.3 is 0 Å². The molecule has 1 heterocycles. The fourth-order valence-electron chi connectivity index (χ4n) is 2.22. The van der Waals surface area contributed by atoms with E-state index in [4.69, 9.17) is 5.26 Å². The zero-order valence-electron chi connectivity index (χ0n) is 12.3. The summed E-state index contributed by atoms with van der Waals surface area (Å²) in [5, 5.41) is 26.9. The average molecular weight is 284 g/mol. The maximum absolute atomic E-state index is 10.5. The minimum atomic E-state index is -0.638. The van der Waals surface area contributed by atoms with E-state index in [1.807, 2.05) is 50.2 Å². The van der Waals surface area contributed by atoms with Crippen molar-refractivity contribution in [2.24, 2.45) is 0 Å². The summed E-state index contributed by atoms with van der Waals surface area (Å²) in [4.78, 5) is 0. The third kappa shape index (κ3) is 3.91. The largest absolute Gasteiger partial charge is 0.389 e. The Labute approximate surface area is 124 Å². The van der Waals surface area contributed by atoms with E-state index < -0.39 is 6.10 Å². The maximum atomic E-state index is 10.5. The van der Waals surface area contributed by atoms with Crippen LogP contribution in [0.15, 0.2) is 42.6 Å². The zero-order chi connectivity index (χ0) is 15.2. The number of hydrogen-bond acceptors (Lipinski definition) is 4. The molecule has 21 heavy (non-hydrogen) atoms. The molecule has 0 aliphatic heterocycles. The van der Waals surface area contributed by atoms with Crippen molar-refractivity contribution in [2.45, 2.75) is 32.0 Å². The highest BCUT2D eigenvalue weighted by molar-refractivity contribution is 5.23. The molecule has 0 bridgehead atoms. The van der Waals surface area contributed by atoms with E-state index >= 15 is 0 Å². The van der Waals surface area contributed by atoms with Crippen LogP contribution in [0, 0.1) is 11.3 Å². The molecule has 2 rings (SSSR count). The molecule has 0 aliphatic rings. The molecule has 0 aliphatic carbocycles. The smallest absolute Gasteiger partial charge is 0.162 e. The summed E-state index contributed by atoms with van der Waals surface area (Å²) in [6.45, 7) is 4.52. The molecular weight excluding hydrogens is 264 g/mol. The van der Waals surface area contributed by atoms with Gasteiger partial charge in [0, 0.05) is 18.8 Å². The molecule has 0 radical (unpaired) electrons. The monoisotopic (exact) mass is 284 g/mol. The third-order valence-corrected chi connectivity index (χ3v) is 3.25. The Morgan fingerprint density at radius 3 is 2.57 bits per heavy atom. The number of nitrogens with zero attached hydrogens (tertiary/aromatic N) is 3. The van der Waals surface area contributed by atoms with Crippen molar-refractivity contribution in [3.63, 3.8) is 0 Å². The lowest BCUT2D eigenvalue weighted by atomic mass is 10.0. The first kappa shape index (κ1) is 15.2. The fraction of sp³-hybridized carbons (Fsp3) is 0.375. The van der Waals surface area contributed by atoms with E-state index in [1.165, 1.54) is 0 Å². The number of nitriles is 1. The molecule has 2 unspecified atom stereocenters. The molecule has 2 aromatic rings. The standard InChI is InChI=1S/C16H20N4O/c1-12(2)18-11-15(21)16(13-6-4-3-5-7-13)20-9-8-14(10-17)19-20/h3-9,12,15-16,18,21H,11H2,1-2H3. The first-order chi connectivity index (χ1) is 10.1. The van der Waals surface area contributed by atoms with Gasteiger partial charge in [-0.1, -0.05) is 44.2 Å². The molecular formula is C16H20N4O.